The summed E-state index contributed by atoms with van der Waals surface area (Å²) in [5.74, 6) is 0.130. The zero-order valence-electron chi connectivity index (χ0n) is 7.59. The molecule has 0 amide bonds. The molecule has 0 aliphatic carbocycles. The van der Waals surface area contributed by atoms with Crippen LogP contribution in [0.3, 0.4) is 0 Å². The number of aromatic amines is 2. The van der Waals surface area contributed by atoms with E-state index in [4.69, 9.17) is 5.73 Å². The Morgan fingerprint density at radius 3 is 2.85 bits per heavy atom. The van der Waals surface area contributed by atoms with Crippen molar-refractivity contribution in [1.82, 2.24) is 15.0 Å². The maximum absolute atomic E-state index is 11.1. The Morgan fingerprint density at radius 2 is 2.15 bits per heavy atom. The van der Waals surface area contributed by atoms with Crippen LogP contribution in [-0.2, 0) is 0 Å². The highest BCUT2D eigenvalue weighted by Gasteiger charge is 2.00. The first-order valence-corrected chi connectivity index (χ1v) is 4.10. The van der Waals surface area contributed by atoms with Gasteiger partial charge in [-0.2, -0.15) is 4.98 Å². The summed E-state index contributed by atoms with van der Waals surface area (Å²) in [7, 11) is 0. The van der Waals surface area contributed by atoms with Crippen molar-refractivity contribution in [2.24, 2.45) is 0 Å². The molecule has 5 nitrogen and oxygen atoms in total. The van der Waals surface area contributed by atoms with Crippen LogP contribution in [0.1, 0.15) is 13.8 Å². The van der Waals surface area contributed by atoms with Gasteiger partial charge < -0.3 is 10.7 Å². The van der Waals surface area contributed by atoms with Crippen LogP contribution < -0.4 is 11.3 Å². The van der Waals surface area contributed by atoms with Crippen LogP contribution in [-0.4, -0.2) is 15.0 Å². The normalized spacial score (nSPS) is 9.38. The maximum atomic E-state index is 11.1. The smallest absolute Gasteiger partial charge is 0.261 e. The average Bonchev–Trinajstić information content (AvgIpc) is 2.55. The Labute approximate surface area is 75.0 Å². The van der Waals surface area contributed by atoms with E-state index in [0.717, 1.165) is 0 Å². The van der Waals surface area contributed by atoms with E-state index in [1.54, 1.807) is 12.3 Å². The fourth-order valence-corrected chi connectivity index (χ4v) is 0.968. The first kappa shape index (κ1) is 9.31. The summed E-state index contributed by atoms with van der Waals surface area (Å²) in [5.41, 5.74) is 5.60. The monoisotopic (exact) mass is 180 g/mol. The molecule has 0 radical (unpaired) electrons. The number of hydrogen-bond acceptors (Lipinski definition) is 3. The number of nitrogens with zero attached hydrogens (tertiary/aromatic N) is 1. The number of rotatable bonds is 0. The second kappa shape index (κ2) is 3.75. The van der Waals surface area contributed by atoms with Crippen LogP contribution in [0, 0.1) is 0 Å². The van der Waals surface area contributed by atoms with Crippen molar-refractivity contribution < 1.29 is 0 Å². The maximum Gasteiger partial charge on any atom is 0.261 e. The van der Waals surface area contributed by atoms with Crippen LogP contribution in [0.25, 0.3) is 11.0 Å². The van der Waals surface area contributed by atoms with Gasteiger partial charge in [-0.05, 0) is 6.07 Å². The Morgan fingerprint density at radius 1 is 1.46 bits per heavy atom. The fraction of sp³-hybridized carbons (Fsp3) is 0.250. The average molecular weight is 180 g/mol. The van der Waals surface area contributed by atoms with Gasteiger partial charge in [0.2, 0.25) is 5.95 Å². The van der Waals surface area contributed by atoms with Crippen LogP contribution in [0.5, 0.6) is 0 Å². The van der Waals surface area contributed by atoms with Gasteiger partial charge >= 0.3 is 0 Å². The lowest BCUT2D eigenvalue weighted by Gasteiger charge is -1.90. The predicted molar refractivity (Wildman–Crippen MR) is 52.5 cm³/mol. The third-order valence-corrected chi connectivity index (χ3v) is 1.44. The quantitative estimate of drug-likeness (QED) is 0.561. The van der Waals surface area contributed by atoms with E-state index in [1.807, 2.05) is 13.8 Å². The summed E-state index contributed by atoms with van der Waals surface area (Å²) in [5, 5.41) is 0.527. The summed E-state index contributed by atoms with van der Waals surface area (Å²) in [6.45, 7) is 4.00. The minimum absolute atomic E-state index is 0.130. The standard InChI is InChI=1S/C6H6N4O.C2H6/c7-6-9-4-3(1-2-8-4)5(11)10-6;1-2/h1-2H,(H4,7,8,9,10,11);1-2H3. The van der Waals surface area contributed by atoms with Gasteiger partial charge in [0.15, 0.2) is 0 Å². The summed E-state index contributed by atoms with van der Waals surface area (Å²) in [6, 6.07) is 1.65. The molecule has 0 atom stereocenters. The molecule has 2 heterocycles. The van der Waals surface area contributed by atoms with Crippen LogP contribution >= 0.6 is 0 Å². The second-order valence-corrected chi connectivity index (χ2v) is 2.19. The van der Waals surface area contributed by atoms with E-state index in [9.17, 15) is 4.79 Å². The fourth-order valence-electron chi connectivity index (χ4n) is 0.968. The highest BCUT2D eigenvalue weighted by Crippen LogP contribution is 2.02. The topological polar surface area (TPSA) is 87.6 Å². The number of fused-ring (bicyclic) bond motifs is 1. The number of nitrogens with two attached hydrogens (primary N) is 1. The minimum Gasteiger partial charge on any atom is -0.369 e. The zero-order valence-corrected chi connectivity index (χ0v) is 7.59. The van der Waals surface area contributed by atoms with Gasteiger partial charge in [0, 0.05) is 6.20 Å². The SMILES string of the molecule is CC.Nc1nc2[nH]ccc2c(=O)[nH]1. The van der Waals surface area contributed by atoms with Gasteiger partial charge in [-0.15, -0.1) is 0 Å². The van der Waals surface area contributed by atoms with Crippen molar-refractivity contribution in [2.75, 3.05) is 5.73 Å². The molecule has 0 spiro atoms. The Balaban J connectivity index is 0.000000396. The number of H-pyrrole nitrogens is 2. The van der Waals surface area contributed by atoms with Crippen molar-refractivity contribution in [3.05, 3.63) is 22.6 Å². The van der Waals surface area contributed by atoms with E-state index in [1.165, 1.54) is 0 Å². The summed E-state index contributed by atoms with van der Waals surface area (Å²) >= 11 is 0. The molecule has 0 aliphatic heterocycles. The third kappa shape index (κ3) is 1.69. The largest absolute Gasteiger partial charge is 0.369 e. The summed E-state index contributed by atoms with van der Waals surface area (Å²) in [4.78, 5) is 20.1. The Hall–Kier alpha value is -1.78. The first-order chi connectivity index (χ1) is 6.27. The number of nitrogens with one attached hydrogen (secondary N) is 2. The van der Waals surface area contributed by atoms with Gasteiger partial charge in [0.05, 0.1) is 5.39 Å². The lowest BCUT2D eigenvalue weighted by atomic mass is 10.4. The molecule has 0 saturated carbocycles. The first-order valence-electron chi connectivity index (χ1n) is 4.10. The molecule has 0 aliphatic rings. The lowest BCUT2D eigenvalue weighted by Crippen LogP contribution is -2.09. The van der Waals surface area contributed by atoms with E-state index in [0.29, 0.717) is 11.0 Å². The molecule has 0 saturated heterocycles. The number of aromatic nitrogens is 3. The van der Waals surface area contributed by atoms with E-state index >= 15 is 0 Å². The highest BCUT2D eigenvalue weighted by atomic mass is 16.1. The lowest BCUT2D eigenvalue weighted by molar-refractivity contribution is 1.18. The molecule has 70 valence electrons. The molecule has 2 rings (SSSR count). The van der Waals surface area contributed by atoms with Crippen LogP contribution in [0.15, 0.2) is 17.1 Å². The number of anilines is 1. The molecule has 0 aromatic carbocycles. The second-order valence-electron chi connectivity index (χ2n) is 2.19. The van der Waals surface area contributed by atoms with Gasteiger partial charge in [-0.3, -0.25) is 9.78 Å². The van der Waals surface area contributed by atoms with Gasteiger partial charge in [-0.1, -0.05) is 13.8 Å². The molecule has 2 aromatic rings. The Kier molecular flexibility index (Phi) is 2.69. The van der Waals surface area contributed by atoms with Gasteiger partial charge in [-0.25, -0.2) is 0 Å². The predicted octanol–water partition coefficient (Wildman–Crippen LogP) is 0.860. The molecule has 0 bridgehead atoms. The summed E-state index contributed by atoms with van der Waals surface area (Å²) in [6.07, 6.45) is 1.65. The molecule has 0 fully saturated rings. The summed E-state index contributed by atoms with van der Waals surface area (Å²) < 4.78 is 0. The molecule has 5 heteroatoms. The van der Waals surface area contributed by atoms with Crippen molar-refractivity contribution in [3.63, 3.8) is 0 Å². The molecular formula is C8H12N4O. The third-order valence-electron chi connectivity index (χ3n) is 1.44. The van der Waals surface area contributed by atoms with Crippen molar-refractivity contribution in [1.29, 1.82) is 0 Å². The number of nitrogen functional groups attached to an aromatic ring is 1. The molecule has 13 heavy (non-hydrogen) atoms. The van der Waals surface area contributed by atoms with Gasteiger partial charge in [0.1, 0.15) is 5.65 Å². The van der Waals surface area contributed by atoms with E-state index < -0.39 is 0 Å². The van der Waals surface area contributed by atoms with Crippen molar-refractivity contribution >= 4 is 17.0 Å². The van der Waals surface area contributed by atoms with E-state index in [2.05, 4.69) is 15.0 Å². The van der Waals surface area contributed by atoms with Gasteiger partial charge in [0.25, 0.3) is 5.56 Å². The molecule has 4 N–H and O–H groups in total. The van der Waals surface area contributed by atoms with Crippen LogP contribution in [0.2, 0.25) is 0 Å². The number of hydrogen-bond donors (Lipinski definition) is 3. The van der Waals surface area contributed by atoms with E-state index in [-0.39, 0.29) is 11.5 Å². The Bertz CT molecular complexity index is 443. The minimum atomic E-state index is -0.214. The van der Waals surface area contributed by atoms with Crippen molar-refractivity contribution in [2.45, 2.75) is 13.8 Å². The zero-order chi connectivity index (χ0) is 9.84. The molecule has 0 unspecified atom stereocenters. The van der Waals surface area contributed by atoms with Crippen molar-refractivity contribution in [3.8, 4) is 0 Å². The molecule has 2 aromatic heterocycles. The molecular weight excluding hydrogens is 168 g/mol. The highest BCUT2D eigenvalue weighted by molar-refractivity contribution is 5.74. The van der Waals surface area contributed by atoms with Crippen LogP contribution in [0.4, 0.5) is 5.95 Å².